The van der Waals surface area contributed by atoms with Gasteiger partial charge in [0, 0.05) is 49.8 Å². The molecule has 4 rings (SSSR count). The van der Waals surface area contributed by atoms with Gasteiger partial charge >= 0.3 is 6.03 Å². The summed E-state index contributed by atoms with van der Waals surface area (Å²) in [6.45, 7) is 1.35. The molecule has 0 saturated carbocycles. The summed E-state index contributed by atoms with van der Waals surface area (Å²) in [5.41, 5.74) is 1.79. The molecule has 2 aliphatic heterocycles. The van der Waals surface area contributed by atoms with E-state index in [4.69, 9.17) is 14.2 Å². The molecule has 1 fully saturated rings. The number of para-hydroxylation sites is 1. The third kappa shape index (κ3) is 3.72. The number of nitrogens with one attached hydrogen (secondary N) is 1. The van der Waals surface area contributed by atoms with Crippen molar-refractivity contribution in [1.82, 2.24) is 4.90 Å². The van der Waals surface area contributed by atoms with Crippen LogP contribution in [0.2, 0.25) is 0 Å². The van der Waals surface area contributed by atoms with Crippen LogP contribution in [-0.4, -0.2) is 43.8 Å². The molecule has 1 N–H and O–H groups in total. The molecule has 0 radical (unpaired) electrons. The van der Waals surface area contributed by atoms with Gasteiger partial charge in [0.2, 0.25) is 0 Å². The summed E-state index contributed by atoms with van der Waals surface area (Å²) in [6.07, 6.45) is 3.73. The molecule has 2 heterocycles. The Morgan fingerprint density at radius 2 is 1.71 bits per heavy atom. The van der Waals surface area contributed by atoms with Crippen molar-refractivity contribution in [2.24, 2.45) is 0 Å². The lowest BCUT2D eigenvalue weighted by molar-refractivity contribution is -0.00434. The van der Waals surface area contributed by atoms with Crippen molar-refractivity contribution < 1.29 is 19.0 Å². The number of likely N-dealkylation sites (tertiary alicyclic amines) is 1. The second-order valence-corrected chi connectivity index (χ2v) is 7.41. The zero-order valence-corrected chi connectivity index (χ0v) is 16.4. The van der Waals surface area contributed by atoms with Gasteiger partial charge in [-0.3, -0.25) is 0 Å². The van der Waals surface area contributed by atoms with E-state index in [2.05, 4.69) is 17.4 Å². The number of nitrogens with zero attached hydrogens (tertiary/aromatic N) is 1. The number of rotatable bonds is 3. The SMILES string of the molecule is COc1cc(NC(=O)N2CCC3(CCc4ccccc4O3)CC2)cc(OC)c1. The molecule has 2 aliphatic rings. The summed E-state index contributed by atoms with van der Waals surface area (Å²) in [5.74, 6) is 2.28. The van der Waals surface area contributed by atoms with E-state index in [9.17, 15) is 4.79 Å². The van der Waals surface area contributed by atoms with Crippen LogP contribution < -0.4 is 19.5 Å². The molecule has 2 aromatic rings. The highest BCUT2D eigenvalue weighted by molar-refractivity contribution is 5.90. The van der Waals surface area contributed by atoms with Gasteiger partial charge in [-0.1, -0.05) is 18.2 Å². The minimum Gasteiger partial charge on any atom is -0.497 e. The first-order valence-corrected chi connectivity index (χ1v) is 9.67. The molecule has 6 heteroatoms. The summed E-state index contributed by atoms with van der Waals surface area (Å²) in [5, 5.41) is 2.95. The van der Waals surface area contributed by atoms with Gasteiger partial charge in [0.25, 0.3) is 0 Å². The van der Waals surface area contributed by atoms with Crippen molar-refractivity contribution in [3.05, 3.63) is 48.0 Å². The molecule has 0 atom stereocenters. The number of aryl methyl sites for hydroxylation is 1. The molecule has 2 amide bonds. The second-order valence-electron chi connectivity index (χ2n) is 7.41. The lowest BCUT2D eigenvalue weighted by Crippen LogP contribution is -2.52. The first-order chi connectivity index (χ1) is 13.6. The fourth-order valence-electron chi connectivity index (χ4n) is 4.01. The number of carbonyl (C=O) groups is 1. The lowest BCUT2D eigenvalue weighted by Gasteiger charge is -2.44. The molecular formula is C22H26N2O4. The van der Waals surface area contributed by atoms with Gasteiger partial charge in [-0.15, -0.1) is 0 Å². The maximum Gasteiger partial charge on any atom is 0.321 e. The molecule has 148 valence electrons. The topological polar surface area (TPSA) is 60.0 Å². The summed E-state index contributed by atoms with van der Waals surface area (Å²) in [6, 6.07) is 13.5. The second kappa shape index (κ2) is 7.62. The van der Waals surface area contributed by atoms with Crippen molar-refractivity contribution in [3.63, 3.8) is 0 Å². The molecule has 28 heavy (non-hydrogen) atoms. The zero-order valence-electron chi connectivity index (χ0n) is 16.4. The van der Waals surface area contributed by atoms with Crippen LogP contribution >= 0.6 is 0 Å². The number of benzene rings is 2. The number of hydrogen-bond donors (Lipinski definition) is 1. The number of methoxy groups -OCH3 is 2. The molecule has 0 bridgehead atoms. The molecule has 0 unspecified atom stereocenters. The van der Waals surface area contributed by atoms with Crippen molar-refractivity contribution in [3.8, 4) is 17.2 Å². The molecule has 1 spiro atoms. The Hall–Kier alpha value is -2.89. The maximum absolute atomic E-state index is 12.7. The Balaban J connectivity index is 1.38. The Labute approximate surface area is 165 Å². The number of anilines is 1. The molecular weight excluding hydrogens is 356 g/mol. The van der Waals surface area contributed by atoms with E-state index in [0.29, 0.717) is 30.3 Å². The monoisotopic (exact) mass is 382 g/mol. The Kier molecular flexibility index (Phi) is 5.03. The van der Waals surface area contributed by atoms with Crippen molar-refractivity contribution >= 4 is 11.7 Å². The van der Waals surface area contributed by atoms with E-state index in [-0.39, 0.29) is 11.6 Å². The van der Waals surface area contributed by atoms with E-state index < -0.39 is 0 Å². The summed E-state index contributed by atoms with van der Waals surface area (Å²) >= 11 is 0. The standard InChI is InChI=1S/C22H26N2O4/c1-26-18-13-17(14-19(15-18)27-2)23-21(25)24-11-9-22(10-12-24)8-7-16-5-3-4-6-20(16)28-22/h3-6,13-15H,7-12H2,1-2H3,(H,23,25). The van der Waals surface area contributed by atoms with Crippen molar-refractivity contribution in [2.45, 2.75) is 31.3 Å². The highest BCUT2D eigenvalue weighted by Crippen LogP contribution is 2.39. The third-order valence-electron chi connectivity index (χ3n) is 5.71. The molecule has 2 aromatic carbocycles. The van der Waals surface area contributed by atoms with Crippen LogP contribution in [0.3, 0.4) is 0 Å². The predicted octanol–water partition coefficient (Wildman–Crippen LogP) is 4.10. The predicted molar refractivity (Wildman–Crippen MR) is 107 cm³/mol. The number of amides is 2. The van der Waals surface area contributed by atoms with Crippen LogP contribution in [0.25, 0.3) is 0 Å². The Morgan fingerprint density at radius 3 is 2.39 bits per heavy atom. The number of fused-ring (bicyclic) bond motifs is 1. The van der Waals surface area contributed by atoms with E-state index >= 15 is 0 Å². The number of urea groups is 1. The van der Waals surface area contributed by atoms with Crippen LogP contribution in [0.5, 0.6) is 17.2 Å². The first kappa shape index (κ1) is 18.5. The van der Waals surface area contributed by atoms with Gasteiger partial charge in [-0.2, -0.15) is 0 Å². The van der Waals surface area contributed by atoms with E-state index in [1.165, 1.54) is 5.56 Å². The lowest BCUT2D eigenvalue weighted by atomic mass is 9.83. The van der Waals surface area contributed by atoms with Gasteiger partial charge in [-0.25, -0.2) is 4.79 Å². The smallest absolute Gasteiger partial charge is 0.321 e. The normalized spacial score (nSPS) is 17.4. The van der Waals surface area contributed by atoms with Crippen molar-refractivity contribution in [1.29, 1.82) is 0 Å². The Morgan fingerprint density at radius 1 is 1.04 bits per heavy atom. The summed E-state index contributed by atoms with van der Waals surface area (Å²) < 4.78 is 16.9. The largest absolute Gasteiger partial charge is 0.497 e. The molecule has 6 nitrogen and oxygen atoms in total. The highest BCUT2D eigenvalue weighted by atomic mass is 16.5. The minimum absolute atomic E-state index is 0.110. The van der Waals surface area contributed by atoms with Gasteiger partial charge in [0.15, 0.2) is 0 Å². The van der Waals surface area contributed by atoms with Crippen molar-refractivity contribution in [2.75, 3.05) is 32.6 Å². The fraction of sp³-hybridized carbons (Fsp3) is 0.409. The minimum atomic E-state index is -0.148. The average Bonchev–Trinajstić information content (AvgIpc) is 2.73. The first-order valence-electron chi connectivity index (χ1n) is 9.67. The highest BCUT2D eigenvalue weighted by Gasteiger charge is 2.40. The summed E-state index contributed by atoms with van der Waals surface area (Å²) in [4.78, 5) is 14.6. The number of piperidine rings is 1. The van der Waals surface area contributed by atoms with Crippen LogP contribution in [0, 0.1) is 0 Å². The van der Waals surface area contributed by atoms with Gasteiger partial charge in [0.05, 0.1) is 14.2 Å². The quantitative estimate of drug-likeness (QED) is 0.868. The van der Waals surface area contributed by atoms with Crippen LogP contribution in [-0.2, 0) is 6.42 Å². The maximum atomic E-state index is 12.7. The number of ether oxygens (including phenoxy) is 3. The van der Waals surface area contributed by atoms with Crippen LogP contribution in [0.1, 0.15) is 24.8 Å². The number of carbonyl (C=O) groups excluding carboxylic acids is 1. The van der Waals surface area contributed by atoms with Gasteiger partial charge < -0.3 is 24.4 Å². The van der Waals surface area contributed by atoms with Gasteiger partial charge in [0.1, 0.15) is 22.8 Å². The zero-order chi connectivity index (χ0) is 19.6. The molecule has 0 aromatic heterocycles. The molecule has 0 aliphatic carbocycles. The fourth-order valence-corrected chi connectivity index (χ4v) is 4.01. The third-order valence-corrected chi connectivity index (χ3v) is 5.71. The van der Waals surface area contributed by atoms with Crippen LogP contribution in [0.15, 0.2) is 42.5 Å². The van der Waals surface area contributed by atoms with Gasteiger partial charge in [-0.05, 0) is 24.5 Å². The van der Waals surface area contributed by atoms with E-state index in [0.717, 1.165) is 31.4 Å². The van der Waals surface area contributed by atoms with Crippen LogP contribution in [0.4, 0.5) is 10.5 Å². The molecule has 1 saturated heterocycles. The Bertz CT molecular complexity index is 837. The average molecular weight is 382 g/mol. The summed E-state index contributed by atoms with van der Waals surface area (Å²) in [7, 11) is 3.18. The van der Waals surface area contributed by atoms with E-state index in [1.54, 1.807) is 32.4 Å². The van der Waals surface area contributed by atoms with E-state index in [1.807, 2.05) is 17.0 Å². The number of hydrogen-bond acceptors (Lipinski definition) is 4.